The fourth-order valence-electron chi connectivity index (χ4n) is 11.8. The van der Waals surface area contributed by atoms with Gasteiger partial charge in [-0.3, -0.25) is 57.0 Å². The predicted octanol–water partition coefficient (Wildman–Crippen LogP) is 12.2. The summed E-state index contributed by atoms with van der Waals surface area (Å²) in [6, 6.07) is 8.12. The smallest absolute Gasteiger partial charge is 0.378 e. The Bertz CT molecular complexity index is 4650. The molecule has 0 aliphatic heterocycles. The maximum atomic E-state index is 15.2. The van der Waals surface area contributed by atoms with Gasteiger partial charge in [-0.05, 0) is 95.7 Å². The second kappa shape index (κ2) is 30.2. The number of hydrogen-bond acceptors (Lipinski definition) is 25. The lowest BCUT2D eigenvalue weighted by molar-refractivity contribution is -0.0228. The number of carbonyl (C=O) groups excluding carboxylic acids is 3. The third-order valence-corrected chi connectivity index (χ3v) is 21.3. The third kappa shape index (κ3) is 15.1. The topological polar surface area (TPSA) is 344 Å². The Morgan fingerprint density at radius 1 is 0.462 bits per heavy atom. The van der Waals surface area contributed by atoms with E-state index in [2.05, 4.69) is 76.4 Å². The molecule has 3 saturated carbocycles. The van der Waals surface area contributed by atoms with Gasteiger partial charge in [0, 0.05) is 108 Å². The molecule has 15 rings (SSSR count). The number of pyridine rings is 3. The zero-order valence-corrected chi connectivity index (χ0v) is 58.9. The number of rotatable bonds is 30. The molecule has 0 bridgehead atoms. The SMILES string of the molecule is CCOC1CC(n2cc(NC(=O)c3csc(-c4cnn(COP(=O)(OCn5cc(-c6nc(C(=O)Nc7cn(C8CC(OCC)C8)nc7-c7ncccc7F)cs6)cn5)OCn5cc(-c6nc(C(=O)Nc7cn(C8CC(OCC)C8)nc7-c7ncccc7F)cs6)cn5)c4)n3)c(-c3ncccc3F)n2)C1. The first kappa shape index (κ1) is 69.5. The van der Waals surface area contributed by atoms with Gasteiger partial charge >= 0.3 is 7.82 Å². The number of aromatic nitrogens is 18. The van der Waals surface area contributed by atoms with Crippen LogP contribution in [0.2, 0.25) is 0 Å². The molecule has 0 atom stereocenters. The lowest BCUT2D eigenvalue weighted by Crippen LogP contribution is -2.33. The van der Waals surface area contributed by atoms with Gasteiger partial charge in [-0.25, -0.2) is 46.7 Å². The van der Waals surface area contributed by atoms with Crippen LogP contribution < -0.4 is 16.0 Å². The van der Waals surface area contributed by atoms with Gasteiger partial charge in [0.2, 0.25) is 0 Å². The van der Waals surface area contributed by atoms with Gasteiger partial charge in [-0.2, -0.15) is 30.6 Å². The van der Waals surface area contributed by atoms with E-state index in [0.717, 1.165) is 34.0 Å². The summed E-state index contributed by atoms with van der Waals surface area (Å²) in [7, 11) is -4.65. The van der Waals surface area contributed by atoms with Crippen molar-refractivity contribution >= 4 is 76.6 Å². The van der Waals surface area contributed by atoms with Crippen molar-refractivity contribution in [2.45, 2.75) is 116 Å². The number of halogens is 3. The van der Waals surface area contributed by atoms with E-state index in [1.807, 2.05) is 20.8 Å². The zero-order valence-electron chi connectivity index (χ0n) is 55.5. The molecule has 38 heteroatoms. The van der Waals surface area contributed by atoms with Gasteiger partial charge in [0.1, 0.15) is 66.3 Å². The minimum Gasteiger partial charge on any atom is -0.378 e. The number of thiazole rings is 3. The fourth-order valence-corrected chi connectivity index (χ4v) is 15.1. The van der Waals surface area contributed by atoms with Crippen LogP contribution in [0.5, 0.6) is 0 Å². The minimum absolute atomic E-state index is 0.0266. The number of hydrogen-bond donors (Lipinski definition) is 3. The monoisotopic (exact) mass is 1490 g/mol. The molecule has 31 nitrogen and oxygen atoms in total. The Morgan fingerprint density at radius 2 is 0.760 bits per heavy atom. The van der Waals surface area contributed by atoms with Crippen LogP contribution in [0.3, 0.4) is 0 Å². The maximum Gasteiger partial charge on any atom is 0.480 e. The molecule has 12 aromatic rings. The first-order valence-corrected chi connectivity index (χ1v) is 37.1. The number of ether oxygens (including phenoxy) is 3. The van der Waals surface area contributed by atoms with Crippen LogP contribution in [0.4, 0.5) is 30.2 Å². The Hall–Kier alpha value is -10.2. The maximum absolute atomic E-state index is 15.2. The molecule has 12 heterocycles. The van der Waals surface area contributed by atoms with Crippen molar-refractivity contribution in [3.8, 4) is 65.9 Å². The molecule has 3 N–H and O–H groups in total. The molecule has 12 aromatic heterocycles. The highest BCUT2D eigenvalue weighted by atomic mass is 32.1. The third-order valence-electron chi connectivity index (χ3n) is 17.3. The van der Waals surface area contributed by atoms with Crippen LogP contribution in [0.1, 0.15) is 109 Å². The number of nitrogens with zero attached hydrogens (tertiary/aromatic N) is 18. The first-order chi connectivity index (χ1) is 50.6. The molecular weight excluding hydrogens is 1430 g/mol. The highest BCUT2D eigenvalue weighted by molar-refractivity contribution is 7.48. The number of nitrogens with one attached hydrogen (secondary N) is 3. The van der Waals surface area contributed by atoms with Gasteiger partial charge in [-0.15, -0.1) is 34.0 Å². The molecule has 3 amide bonds. The number of phosphoric acid groups is 1. The number of phosphoric ester groups is 1. The van der Waals surface area contributed by atoms with Crippen molar-refractivity contribution in [3.63, 3.8) is 0 Å². The molecule has 0 unspecified atom stereocenters. The van der Waals surface area contributed by atoms with Gasteiger partial charge in [0.05, 0.1) is 72.1 Å². The Kier molecular flexibility index (Phi) is 20.2. The predicted molar refractivity (Wildman–Crippen MR) is 372 cm³/mol. The van der Waals surface area contributed by atoms with Crippen molar-refractivity contribution in [1.29, 1.82) is 0 Å². The van der Waals surface area contributed by atoms with Crippen LogP contribution in [-0.2, 0) is 52.5 Å². The lowest BCUT2D eigenvalue weighted by atomic mass is 9.89. The summed E-state index contributed by atoms with van der Waals surface area (Å²) in [5, 5.41) is 41.6. The standard InChI is InChI=1S/C66H63F3N21O10PS3/c1-4-95-43-16-40(17-43)88-28-49(58(82-88)55-46(67)10-7-13-70-55)76-61(91)52-31-102-64(79-52)37-22-73-85(25-37)34-98-101(94,99-35-86-26-38(23-74-86)65-80-53(32-103-65)62(92)77-50-29-89(41-18-44(19-41)96-5-2)83-59(50)56-47(68)11-8-14-71-56)100-36-87-27-39(24-75-87)66-81-54(33-104-66)63(93)78-51-30-90(42-20-45(21-42)97-6-3)84-60(51)57-48(69)12-9-15-72-57/h7-15,22-33,40-45H,4-6,16-21,34-36H2,1-3H3,(H,76,91)(H,77,92)(H,78,93). The highest BCUT2D eigenvalue weighted by Crippen LogP contribution is 2.51. The van der Waals surface area contributed by atoms with Crippen LogP contribution >= 0.6 is 41.8 Å². The van der Waals surface area contributed by atoms with E-state index in [4.69, 9.17) is 27.8 Å². The molecule has 0 saturated heterocycles. The minimum atomic E-state index is -4.65. The van der Waals surface area contributed by atoms with Crippen molar-refractivity contribution in [3.05, 3.63) is 161 Å². The summed E-state index contributed by atoms with van der Waals surface area (Å²) in [6.07, 6.45) is 22.8. The zero-order chi connectivity index (χ0) is 71.6. The summed E-state index contributed by atoms with van der Waals surface area (Å²) in [5.41, 5.74) is 2.65. The van der Waals surface area contributed by atoms with Crippen molar-refractivity contribution in [2.75, 3.05) is 35.8 Å². The molecule has 0 aromatic carbocycles. The van der Waals surface area contributed by atoms with Crippen LogP contribution in [0.15, 0.2) is 127 Å². The lowest BCUT2D eigenvalue weighted by Gasteiger charge is -2.34. The van der Waals surface area contributed by atoms with Crippen molar-refractivity contribution in [2.24, 2.45) is 0 Å². The summed E-state index contributed by atoms with van der Waals surface area (Å²) in [6.45, 7) is 6.02. The largest absolute Gasteiger partial charge is 0.480 e. The van der Waals surface area contributed by atoms with E-state index in [0.29, 0.717) is 90.1 Å². The van der Waals surface area contributed by atoms with Crippen molar-refractivity contribution in [1.82, 2.24) is 88.6 Å². The molecule has 0 spiro atoms. The molecule has 3 aliphatic rings. The average molecular weight is 1490 g/mol. The van der Waals surface area contributed by atoms with Gasteiger partial charge < -0.3 is 30.2 Å². The Morgan fingerprint density at radius 3 is 1.04 bits per heavy atom. The quantitative estimate of drug-likeness (QED) is 0.0352. The van der Waals surface area contributed by atoms with Crippen LogP contribution in [0.25, 0.3) is 65.9 Å². The number of carbonyl (C=O) groups is 3. The van der Waals surface area contributed by atoms with E-state index in [1.165, 1.54) is 87.6 Å². The summed E-state index contributed by atoms with van der Waals surface area (Å²) in [5.74, 6) is -3.59. The van der Waals surface area contributed by atoms with Gasteiger partial charge in [0.25, 0.3) is 17.7 Å². The summed E-state index contributed by atoms with van der Waals surface area (Å²) in [4.78, 5) is 68.0. The average Bonchev–Trinajstić information content (AvgIpc) is 1.65. The van der Waals surface area contributed by atoms with E-state index in [9.17, 15) is 18.9 Å². The second-order valence-electron chi connectivity index (χ2n) is 24.2. The van der Waals surface area contributed by atoms with Crippen LogP contribution in [-0.4, -0.2) is 144 Å². The van der Waals surface area contributed by atoms with Crippen LogP contribution in [0, 0.1) is 17.5 Å². The Balaban J connectivity index is 0.629. The Labute approximate surface area is 601 Å². The van der Waals surface area contributed by atoms with Gasteiger partial charge in [-0.1, -0.05) is 0 Å². The van der Waals surface area contributed by atoms with E-state index in [-0.39, 0.29) is 105 Å². The molecule has 3 aliphatic carbocycles. The van der Waals surface area contributed by atoms with Gasteiger partial charge in [0.15, 0.2) is 37.6 Å². The number of anilines is 3. The molecular formula is C66H63F3N21O10PS3. The normalized spacial score (nSPS) is 18.4. The molecule has 536 valence electrons. The van der Waals surface area contributed by atoms with E-state index in [1.54, 1.807) is 67.4 Å². The molecule has 0 radical (unpaired) electrons. The second-order valence-corrected chi connectivity index (χ2v) is 28.5. The summed E-state index contributed by atoms with van der Waals surface area (Å²) < 4.78 is 104. The first-order valence-electron chi connectivity index (χ1n) is 33.0. The number of amides is 3. The van der Waals surface area contributed by atoms with E-state index < -0.39 is 63.2 Å². The van der Waals surface area contributed by atoms with Crippen molar-refractivity contribution < 1.29 is 59.9 Å². The summed E-state index contributed by atoms with van der Waals surface area (Å²) >= 11 is 3.46. The molecule has 3 fully saturated rings. The van der Waals surface area contributed by atoms with E-state index >= 15 is 13.2 Å². The highest BCUT2D eigenvalue weighted by Gasteiger charge is 2.37. The molecule has 104 heavy (non-hydrogen) atoms. The fraction of sp³-hybridized carbons (Fsp3) is 0.318.